The van der Waals surface area contributed by atoms with Crippen molar-refractivity contribution in [2.45, 2.75) is 0 Å². The molecule has 0 aliphatic heterocycles. The number of carbonyl (C=O) groups excluding carboxylic acids is 1. The summed E-state index contributed by atoms with van der Waals surface area (Å²) in [5.41, 5.74) is 0.923. The number of carbonyl (C=O) groups is 1. The van der Waals surface area contributed by atoms with Gasteiger partial charge in [-0.1, -0.05) is 29.8 Å². The SMILES string of the molecule is O=C(Nc1ncccc1Br)c1cc(Cl)c2ccccc2n1. The van der Waals surface area contributed by atoms with E-state index >= 15 is 0 Å². The standard InChI is InChI=1S/C15H9BrClN3O/c16-10-5-3-7-18-14(10)20-15(21)13-8-11(17)9-4-1-2-6-12(9)19-13/h1-8H,(H,18,20,21). The number of fused-ring (bicyclic) bond motifs is 1. The third-order valence-corrected chi connectivity index (χ3v) is 3.84. The van der Waals surface area contributed by atoms with Crippen LogP contribution < -0.4 is 5.32 Å². The fraction of sp³-hybridized carbons (Fsp3) is 0. The molecule has 0 aliphatic carbocycles. The Balaban J connectivity index is 1.97. The van der Waals surface area contributed by atoms with Crippen molar-refractivity contribution in [3.8, 4) is 0 Å². The minimum absolute atomic E-state index is 0.247. The Kier molecular flexibility index (Phi) is 3.86. The van der Waals surface area contributed by atoms with E-state index in [-0.39, 0.29) is 11.6 Å². The average Bonchev–Trinajstić information content (AvgIpc) is 2.49. The van der Waals surface area contributed by atoms with Gasteiger partial charge in [-0.15, -0.1) is 0 Å². The van der Waals surface area contributed by atoms with Crippen LogP contribution in [0.15, 0.2) is 53.1 Å². The van der Waals surface area contributed by atoms with E-state index in [4.69, 9.17) is 11.6 Å². The van der Waals surface area contributed by atoms with Crippen molar-refractivity contribution in [3.05, 3.63) is 63.9 Å². The molecule has 3 rings (SSSR count). The fourth-order valence-corrected chi connectivity index (χ4v) is 2.52. The summed E-state index contributed by atoms with van der Waals surface area (Å²) >= 11 is 9.52. The van der Waals surface area contributed by atoms with E-state index in [0.29, 0.717) is 20.8 Å². The van der Waals surface area contributed by atoms with Gasteiger partial charge in [0.2, 0.25) is 0 Å². The van der Waals surface area contributed by atoms with Crippen molar-refractivity contribution < 1.29 is 4.79 Å². The number of hydrogen-bond acceptors (Lipinski definition) is 3. The summed E-state index contributed by atoms with van der Waals surface area (Å²) in [5.74, 6) is 0.0793. The third kappa shape index (κ3) is 2.89. The van der Waals surface area contributed by atoms with E-state index in [9.17, 15) is 4.79 Å². The van der Waals surface area contributed by atoms with Crippen molar-refractivity contribution in [1.29, 1.82) is 0 Å². The monoisotopic (exact) mass is 361 g/mol. The number of nitrogens with one attached hydrogen (secondary N) is 1. The Morgan fingerprint density at radius 3 is 2.81 bits per heavy atom. The van der Waals surface area contributed by atoms with Crippen LogP contribution in [0.5, 0.6) is 0 Å². The number of halogens is 2. The first-order valence-electron chi connectivity index (χ1n) is 6.12. The maximum absolute atomic E-state index is 12.3. The lowest BCUT2D eigenvalue weighted by molar-refractivity contribution is 0.102. The molecule has 104 valence electrons. The van der Waals surface area contributed by atoms with Gasteiger partial charge in [-0.3, -0.25) is 4.79 Å². The quantitative estimate of drug-likeness (QED) is 0.739. The van der Waals surface area contributed by atoms with Crippen molar-refractivity contribution in [3.63, 3.8) is 0 Å². The molecule has 1 aromatic carbocycles. The largest absolute Gasteiger partial charge is 0.304 e. The molecule has 0 fully saturated rings. The summed E-state index contributed by atoms with van der Waals surface area (Å²) < 4.78 is 0.699. The summed E-state index contributed by atoms with van der Waals surface area (Å²) in [6.07, 6.45) is 1.60. The molecule has 0 unspecified atom stereocenters. The molecule has 4 nitrogen and oxygen atoms in total. The van der Waals surface area contributed by atoms with Crippen LogP contribution in [0.4, 0.5) is 5.82 Å². The zero-order chi connectivity index (χ0) is 14.8. The number of hydrogen-bond donors (Lipinski definition) is 1. The van der Waals surface area contributed by atoms with Crippen molar-refractivity contribution >= 4 is 50.2 Å². The number of amides is 1. The Hall–Kier alpha value is -1.98. The van der Waals surface area contributed by atoms with Crippen LogP contribution in [0.1, 0.15) is 10.5 Å². The molecule has 0 saturated heterocycles. The lowest BCUT2D eigenvalue weighted by Crippen LogP contribution is -2.15. The number of anilines is 1. The van der Waals surface area contributed by atoms with Gasteiger partial charge in [0, 0.05) is 11.6 Å². The lowest BCUT2D eigenvalue weighted by Gasteiger charge is -2.07. The predicted molar refractivity (Wildman–Crippen MR) is 86.6 cm³/mol. The number of pyridine rings is 2. The fourth-order valence-electron chi connectivity index (χ4n) is 1.90. The minimum Gasteiger partial charge on any atom is -0.304 e. The topological polar surface area (TPSA) is 54.9 Å². The van der Waals surface area contributed by atoms with Gasteiger partial charge in [-0.25, -0.2) is 9.97 Å². The second-order valence-corrected chi connectivity index (χ2v) is 5.56. The van der Waals surface area contributed by atoms with E-state index in [0.717, 1.165) is 5.39 Å². The summed E-state index contributed by atoms with van der Waals surface area (Å²) in [7, 11) is 0. The predicted octanol–water partition coefficient (Wildman–Crippen LogP) is 4.30. The van der Waals surface area contributed by atoms with Crippen LogP contribution in [0.25, 0.3) is 10.9 Å². The molecule has 0 radical (unpaired) electrons. The number of rotatable bonds is 2. The highest BCUT2D eigenvalue weighted by atomic mass is 79.9. The van der Waals surface area contributed by atoms with Crippen molar-refractivity contribution in [1.82, 2.24) is 9.97 Å². The molecule has 0 bridgehead atoms. The minimum atomic E-state index is -0.359. The van der Waals surface area contributed by atoms with Gasteiger partial charge in [0.1, 0.15) is 11.5 Å². The lowest BCUT2D eigenvalue weighted by atomic mass is 10.2. The molecule has 0 spiro atoms. The summed E-state index contributed by atoms with van der Waals surface area (Å²) in [6.45, 7) is 0. The normalized spacial score (nSPS) is 10.6. The molecule has 3 aromatic rings. The smallest absolute Gasteiger partial charge is 0.275 e. The first-order chi connectivity index (χ1) is 10.1. The van der Waals surface area contributed by atoms with Gasteiger partial charge in [-0.05, 0) is 40.2 Å². The first-order valence-corrected chi connectivity index (χ1v) is 7.29. The van der Waals surface area contributed by atoms with Gasteiger partial charge in [0.25, 0.3) is 5.91 Å². The number of aromatic nitrogens is 2. The van der Waals surface area contributed by atoms with E-state index in [1.807, 2.05) is 24.3 Å². The van der Waals surface area contributed by atoms with Crippen LogP contribution in [0.2, 0.25) is 5.02 Å². The van der Waals surface area contributed by atoms with Crippen LogP contribution in [0, 0.1) is 0 Å². The molecule has 1 N–H and O–H groups in total. The highest BCUT2D eigenvalue weighted by Crippen LogP contribution is 2.24. The van der Waals surface area contributed by atoms with Gasteiger partial charge < -0.3 is 5.32 Å². The zero-order valence-electron chi connectivity index (χ0n) is 10.7. The van der Waals surface area contributed by atoms with E-state index in [1.165, 1.54) is 0 Å². The molecular weight excluding hydrogens is 354 g/mol. The highest BCUT2D eigenvalue weighted by Gasteiger charge is 2.13. The molecule has 21 heavy (non-hydrogen) atoms. The second-order valence-electron chi connectivity index (χ2n) is 4.29. The Morgan fingerprint density at radius 2 is 2.00 bits per heavy atom. The molecule has 6 heteroatoms. The highest BCUT2D eigenvalue weighted by molar-refractivity contribution is 9.10. The van der Waals surface area contributed by atoms with Crippen LogP contribution in [-0.4, -0.2) is 15.9 Å². The van der Waals surface area contributed by atoms with Crippen molar-refractivity contribution in [2.75, 3.05) is 5.32 Å². The molecule has 1 amide bonds. The van der Waals surface area contributed by atoms with E-state index < -0.39 is 0 Å². The molecule has 0 saturated carbocycles. The third-order valence-electron chi connectivity index (χ3n) is 2.89. The average molecular weight is 363 g/mol. The Labute approximate surface area is 134 Å². The molecule has 0 atom stereocenters. The molecule has 0 aliphatic rings. The molecular formula is C15H9BrClN3O. The summed E-state index contributed by atoms with van der Waals surface area (Å²) in [5, 5.41) is 4.01. The van der Waals surface area contributed by atoms with Crippen molar-refractivity contribution in [2.24, 2.45) is 0 Å². The maximum Gasteiger partial charge on any atom is 0.275 e. The summed E-state index contributed by atoms with van der Waals surface area (Å²) in [6, 6.07) is 12.5. The first kappa shape index (κ1) is 14.0. The van der Waals surface area contributed by atoms with Gasteiger partial charge in [0.15, 0.2) is 0 Å². The van der Waals surface area contributed by atoms with Crippen LogP contribution in [0.3, 0.4) is 0 Å². The van der Waals surface area contributed by atoms with E-state index in [1.54, 1.807) is 24.4 Å². The second kappa shape index (κ2) is 5.79. The van der Waals surface area contributed by atoms with Gasteiger partial charge in [0.05, 0.1) is 15.0 Å². The van der Waals surface area contributed by atoms with E-state index in [2.05, 4.69) is 31.2 Å². The van der Waals surface area contributed by atoms with Gasteiger partial charge >= 0.3 is 0 Å². The van der Waals surface area contributed by atoms with Crippen LogP contribution >= 0.6 is 27.5 Å². The molecule has 2 aromatic heterocycles. The number of para-hydroxylation sites is 1. The number of benzene rings is 1. The summed E-state index contributed by atoms with van der Waals surface area (Å²) in [4.78, 5) is 20.7. The van der Waals surface area contributed by atoms with Crippen LogP contribution in [-0.2, 0) is 0 Å². The maximum atomic E-state index is 12.3. The Bertz CT molecular complexity index is 838. The molecule has 2 heterocycles. The van der Waals surface area contributed by atoms with Gasteiger partial charge in [-0.2, -0.15) is 0 Å². The number of nitrogens with zero attached hydrogens (tertiary/aromatic N) is 2. The Morgan fingerprint density at radius 1 is 1.19 bits per heavy atom. The zero-order valence-corrected chi connectivity index (χ0v) is 13.0.